The number of hydrogen-bond acceptors (Lipinski definition) is 7. The molecule has 1 aromatic rings. The molecule has 8 nitrogen and oxygen atoms in total. The summed E-state index contributed by atoms with van der Waals surface area (Å²) in [4.78, 5) is 15.9. The van der Waals surface area contributed by atoms with Crippen LogP contribution in [0.1, 0.15) is 11.4 Å². The highest BCUT2D eigenvalue weighted by Gasteiger charge is 2.33. The van der Waals surface area contributed by atoms with E-state index in [0.717, 1.165) is 4.31 Å². The molecule has 1 aliphatic heterocycles. The second kappa shape index (κ2) is 6.99. The molecule has 0 aliphatic carbocycles. The number of hydrogen-bond donors (Lipinski definition) is 0. The SMILES string of the molecule is COCCCN1C(C(=O)OC)=CC(c2nccs2)=NS1(=O)=O. The number of nitrogens with zero attached hydrogens (tertiary/aromatic N) is 3. The van der Waals surface area contributed by atoms with Crippen LogP contribution in [0.25, 0.3) is 0 Å². The van der Waals surface area contributed by atoms with Crippen LogP contribution in [-0.2, 0) is 24.5 Å². The number of carbonyl (C=O) groups is 1. The van der Waals surface area contributed by atoms with Crippen LogP contribution in [0.15, 0.2) is 27.7 Å². The monoisotopic (exact) mass is 345 g/mol. The summed E-state index contributed by atoms with van der Waals surface area (Å²) in [6.07, 6.45) is 3.33. The van der Waals surface area contributed by atoms with Crippen molar-refractivity contribution in [2.75, 3.05) is 27.4 Å². The van der Waals surface area contributed by atoms with Gasteiger partial charge >= 0.3 is 16.2 Å². The van der Waals surface area contributed by atoms with Gasteiger partial charge in [-0.05, 0) is 12.5 Å². The molecule has 0 saturated carbocycles. The van der Waals surface area contributed by atoms with E-state index in [1.165, 1.54) is 37.8 Å². The summed E-state index contributed by atoms with van der Waals surface area (Å²) in [5, 5.41) is 2.11. The van der Waals surface area contributed by atoms with Gasteiger partial charge in [-0.25, -0.2) is 14.1 Å². The minimum Gasteiger partial charge on any atom is -0.464 e. The van der Waals surface area contributed by atoms with E-state index >= 15 is 0 Å². The second-order valence-corrected chi connectivity index (χ2v) is 6.64. The minimum absolute atomic E-state index is 0.0752. The van der Waals surface area contributed by atoms with Gasteiger partial charge in [0.2, 0.25) is 0 Å². The third-order valence-corrected chi connectivity index (χ3v) is 4.95. The highest BCUT2D eigenvalue weighted by Crippen LogP contribution is 2.23. The largest absolute Gasteiger partial charge is 0.464 e. The van der Waals surface area contributed by atoms with Crippen LogP contribution in [0.2, 0.25) is 0 Å². The molecule has 0 spiro atoms. The minimum atomic E-state index is -4.02. The molecule has 1 aliphatic rings. The summed E-state index contributed by atoms with van der Waals surface area (Å²) in [6, 6.07) is 0. The predicted octanol–water partition coefficient (Wildman–Crippen LogP) is 0.586. The lowest BCUT2D eigenvalue weighted by Crippen LogP contribution is -2.37. The standard InChI is InChI=1S/C12H15N3O5S2/c1-19-6-3-5-15-10(12(16)20-2)8-9(14-22(15,17)18)11-13-4-7-21-11/h4,7-8H,3,5-6H2,1-2H3. The molecule has 0 bridgehead atoms. The Balaban J connectivity index is 2.40. The summed E-state index contributed by atoms with van der Waals surface area (Å²) in [5.74, 6) is -0.745. The van der Waals surface area contributed by atoms with Gasteiger partial charge in [0.25, 0.3) is 0 Å². The molecule has 0 amide bonds. The zero-order chi connectivity index (χ0) is 16.2. The normalized spacial score (nSPS) is 16.9. The Morgan fingerprint density at radius 1 is 1.41 bits per heavy atom. The molecule has 0 aromatic carbocycles. The van der Waals surface area contributed by atoms with Crippen LogP contribution in [0.5, 0.6) is 0 Å². The number of rotatable bonds is 6. The molecule has 0 saturated heterocycles. The van der Waals surface area contributed by atoms with Crippen molar-refractivity contribution in [3.8, 4) is 0 Å². The number of carbonyl (C=O) groups excluding carboxylic acids is 1. The fourth-order valence-electron chi connectivity index (χ4n) is 1.83. The van der Waals surface area contributed by atoms with Gasteiger partial charge < -0.3 is 9.47 Å². The van der Waals surface area contributed by atoms with Gasteiger partial charge in [0, 0.05) is 31.8 Å². The van der Waals surface area contributed by atoms with Crippen LogP contribution >= 0.6 is 11.3 Å². The smallest absolute Gasteiger partial charge is 0.355 e. The molecule has 1 aromatic heterocycles. The first-order valence-corrected chi connectivity index (χ1v) is 8.58. The molecule has 22 heavy (non-hydrogen) atoms. The first-order chi connectivity index (χ1) is 10.5. The van der Waals surface area contributed by atoms with E-state index < -0.39 is 16.2 Å². The van der Waals surface area contributed by atoms with Crippen LogP contribution in [-0.4, -0.2) is 56.8 Å². The first-order valence-electron chi connectivity index (χ1n) is 6.31. The number of allylic oxidation sites excluding steroid dienone is 1. The van der Waals surface area contributed by atoms with E-state index in [0.29, 0.717) is 18.0 Å². The van der Waals surface area contributed by atoms with Crippen LogP contribution in [0, 0.1) is 0 Å². The quantitative estimate of drug-likeness (QED) is 0.553. The van der Waals surface area contributed by atoms with E-state index in [4.69, 9.17) is 4.74 Å². The number of ether oxygens (including phenoxy) is 2. The third-order valence-electron chi connectivity index (χ3n) is 2.79. The van der Waals surface area contributed by atoms with E-state index in [1.54, 1.807) is 5.38 Å². The van der Waals surface area contributed by atoms with Crippen molar-refractivity contribution >= 4 is 33.2 Å². The number of methoxy groups -OCH3 is 2. The van der Waals surface area contributed by atoms with Crippen molar-refractivity contribution in [3.05, 3.63) is 28.4 Å². The molecular weight excluding hydrogens is 330 g/mol. The Morgan fingerprint density at radius 3 is 2.77 bits per heavy atom. The van der Waals surface area contributed by atoms with Gasteiger partial charge in [-0.15, -0.1) is 15.7 Å². The van der Waals surface area contributed by atoms with Gasteiger partial charge in [0.15, 0.2) is 0 Å². The Hall–Kier alpha value is -1.78. The van der Waals surface area contributed by atoms with Crippen LogP contribution in [0.4, 0.5) is 0 Å². The summed E-state index contributed by atoms with van der Waals surface area (Å²) in [7, 11) is -1.31. The summed E-state index contributed by atoms with van der Waals surface area (Å²) < 4.78 is 38.9. The van der Waals surface area contributed by atoms with E-state index in [1.807, 2.05) is 0 Å². The second-order valence-electron chi connectivity index (χ2n) is 4.23. The van der Waals surface area contributed by atoms with Crippen molar-refractivity contribution in [1.29, 1.82) is 0 Å². The molecule has 2 rings (SSSR count). The van der Waals surface area contributed by atoms with E-state index in [9.17, 15) is 13.2 Å². The molecule has 0 atom stereocenters. The number of aromatic nitrogens is 1. The number of thiazole rings is 1. The summed E-state index contributed by atoms with van der Waals surface area (Å²) >= 11 is 1.23. The van der Waals surface area contributed by atoms with Gasteiger partial charge in [0.05, 0.1) is 7.11 Å². The van der Waals surface area contributed by atoms with Crippen LogP contribution < -0.4 is 0 Å². The van der Waals surface area contributed by atoms with E-state index in [-0.39, 0.29) is 18.0 Å². The molecule has 0 unspecified atom stereocenters. The van der Waals surface area contributed by atoms with Gasteiger partial charge in [-0.2, -0.15) is 8.42 Å². The first kappa shape index (κ1) is 16.6. The molecule has 0 radical (unpaired) electrons. The fourth-order valence-corrected chi connectivity index (χ4v) is 3.71. The van der Waals surface area contributed by atoms with Crippen molar-refractivity contribution in [1.82, 2.24) is 9.29 Å². The zero-order valence-electron chi connectivity index (χ0n) is 12.1. The fraction of sp³-hybridized carbons (Fsp3) is 0.417. The molecule has 10 heteroatoms. The summed E-state index contributed by atoms with van der Waals surface area (Å²) in [6.45, 7) is 0.440. The van der Waals surface area contributed by atoms with E-state index in [2.05, 4.69) is 14.1 Å². The molecular formula is C12H15N3O5S2. The number of esters is 1. The maximum Gasteiger partial charge on any atom is 0.355 e. The average molecular weight is 345 g/mol. The Kier molecular flexibility index (Phi) is 5.27. The Labute approximate surface area is 132 Å². The highest BCUT2D eigenvalue weighted by atomic mass is 32.2. The highest BCUT2D eigenvalue weighted by molar-refractivity contribution is 7.88. The third kappa shape index (κ3) is 3.51. The van der Waals surface area contributed by atoms with Crippen molar-refractivity contribution in [2.45, 2.75) is 6.42 Å². The average Bonchev–Trinajstić information content (AvgIpc) is 3.01. The summed E-state index contributed by atoms with van der Waals surface area (Å²) in [5.41, 5.74) is 0.0391. The molecule has 0 fully saturated rings. The van der Waals surface area contributed by atoms with Crippen molar-refractivity contribution in [2.24, 2.45) is 4.40 Å². The molecule has 2 heterocycles. The zero-order valence-corrected chi connectivity index (χ0v) is 13.7. The maximum absolute atomic E-state index is 12.3. The lowest BCUT2D eigenvalue weighted by Gasteiger charge is -2.25. The molecule has 0 N–H and O–H groups in total. The van der Waals surface area contributed by atoms with Gasteiger partial charge in [-0.1, -0.05) is 0 Å². The van der Waals surface area contributed by atoms with Crippen molar-refractivity contribution in [3.63, 3.8) is 0 Å². The van der Waals surface area contributed by atoms with Gasteiger partial charge in [0.1, 0.15) is 16.4 Å². The van der Waals surface area contributed by atoms with Crippen molar-refractivity contribution < 1.29 is 22.7 Å². The Morgan fingerprint density at radius 2 is 2.18 bits per heavy atom. The lowest BCUT2D eigenvalue weighted by atomic mass is 10.3. The Bertz CT molecular complexity index is 694. The maximum atomic E-state index is 12.3. The topological polar surface area (TPSA) is 98.2 Å². The predicted molar refractivity (Wildman–Crippen MR) is 80.9 cm³/mol. The van der Waals surface area contributed by atoms with Crippen LogP contribution in [0.3, 0.4) is 0 Å². The lowest BCUT2D eigenvalue weighted by molar-refractivity contribution is -0.137. The van der Waals surface area contributed by atoms with Gasteiger partial charge in [-0.3, -0.25) is 0 Å². The molecule has 120 valence electrons.